The number of piperidine rings is 1. The van der Waals surface area contributed by atoms with Gasteiger partial charge in [-0.15, -0.1) is 0 Å². The molecule has 6 heterocycles. The Bertz CT molecular complexity index is 1590. The molecule has 2 bridgehead atoms. The Morgan fingerprint density at radius 1 is 1.23 bits per heavy atom. The van der Waals surface area contributed by atoms with E-state index in [1.165, 1.54) is 0 Å². The largest absolute Gasteiger partial charge is 0.471 e. The highest BCUT2D eigenvalue weighted by Gasteiger charge is 2.46. The Hall–Kier alpha value is -4.11. The molecule has 11 nitrogen and oxygen atoms in total. The highest BCUT2D eigenvalue weighted by atomic mass is 16.5. The van der Waals surface area contributed by atoms with Crippen LogP contribution in [0.2, 0.25) is 0 Å². The van der Waals surface area contributed by atoms with Gasteiger partial charge in [0.2, 0.25) is 0 Å². The van der Waals surface area contributed by atoms with E-state index in [0.29, 0.717) is 41.5 Å². The third-order valence-electron chi connectivity index (χ3n) is 7.83. The Kier molecular flexibility index (Phi) is 6.41. The number of pyridine rings is 1. The monoisotopic (exact) mass is 539 g/mol. The number of benzene rings is 1. The van der Waals surface area contributed by atoms with Gasteiger partial charge in [-0.05, 0) is 63.9 Å². The van der Waals surface area contributed by atoms with Gasteiger partial charge in [0.25, 0.3) is 0 Å². The normalized spacial score (nSPS) is 19.8. The highest BCUT2D eigenvalue weighted by molar-refractivity contribution is 5.94. The van der Waals surface area contributed by atoms with Crippen molar-refractivity contribution in [1.29, 1.82) is 5.26 Å². The summed E-state index contributed by atoms with van der Waals surface area (Å²) >= 11 is 0. The van der Waals surface area contributed by atoms with Crippen LogP contribution in [0.5, 0.6) is 5.75 Å². The van der Waals surface area contributed by atoms with Crippen molar-refractivity contribution in [1.82, 2.24) is 30.3 Å². The maximum Gasteiger partial charge on any atom is 0.176 e. The van der Waals surface area contributed by atoms with Crippen LogP contribution in [-0.4, -0.2) is 72.7 Å². The maximum atomic E-state index is 10.3. The van der Waals surface area contributed by atoms with E-state index in [1.54, 1.807) is 12.4 Å². The molecule has 0 amide bonds. The second-order valence-corrected chi connectivity index (χ2v) is 11.5. The van der Waals surface area contributed by atoms with Gasteiger partial charge in [0.05, 0.1) is 28.6 Å². The molecule has 2 unspecified atom stereocenters. The predicted octanol–water partition coefficient (Wildman–Crippen LogP) is 2.97. The van der Waals surface area contributed by atoms with Crippen molar-refractivity contribution in [3.63, 3.8) is 0 Å². The van der Waals surface area contributed by atoms with E-state index in [4.69, 9.17) is 15.5 Å². The first-order valence-electron chi connectivity index (χ1n) is 13.4. The molecular weight excluding hydrogens is 506 g/mol. The van der Waals surface area contributed by atoms with Crippen LogP contribution in [0.25, 0.3) is 22.2 Å². The Labute approximate surface area is 232 Å². The molecule has 3 atom stereocenters. The number of rotatable bonds is 7. The number of hydrogen-bond acceptors (Lipinski definition) is 10. The fourth-order valence-corrected chi connectivity index (χ4v) is 6.02. The van der Waals surface area contributed by atoms with E-state index in [9.17, 15) is 10.4 Å². The summed E-state index contributed by atoms with van der Waals surface area (Å²) in [7, 11) is 0. The molecule has 1 aromatic carbocycles. The molecule has 0 saturated carbocycles. The fraction of sp³-hybridized carbons (Fsp3) is 0.414. The number of aromatic nitrogens is 5. The van der Waals surface area contributed by atoms with Gasteiger partial charge in [-0.3, -0.25) is 15.7 Å². The minimum atomic E-state index is -0.729. The van der Waals surface area contributed by atoms with Crippen LogP contribution in [0.3, 0.4) is 0 Å². The number of anilines is 1. The number of nitriles is 1. The van der Waals surface area contributed by atoms with Gasteiger partial charge in [0.1, 0.15) is 23.3 Å². The molecule has 3 fully saturated rings. The third kappa shape index (κ3) is 4.75. The van der Waals surface area contributed by atoms with Gasteiger partial charge < -0.3 is 14.7 Å². The van der Waals surface area contributed by atoms with Gasteiger partial charge >= 0.3 is 0 Å². The Morgan fingerprint density at radius 2 is 2.00 bits per heavy atom. The summed E-state index contributed by atoms with van der Waals surface area (Å²) in [6.07, 6.45) is 3.85. The van der Waals surface area contributed by atoms with E-state index in [1.807, 2.05) is 52.0 Å². The summed E-state index contributed by atoms with van der Waals surface area (Å²) < 4.78 is 6.10. The molecule has 0 spiro atoms. The number of aliphatic hydroxyl groups is 1. The second-order valence-electron chi connectivity index (χ2n) is 11.5. The molecule has 7 rings (SSSR count). The summed E-state index contributed by atoms with van der Waals surface area (Å²) in [5.41, 5.74) is 10.9. The summed E-state index contributed by atoms with van der Waals surface area (Å²) in [5, 5.41) is 36.8. The van der Waals surface area contributed by atoms with Crippen LogP contribution < -0.4 is 15.4 Å². The van der Waals surface area contributed by atoms with Crippen molar-refractivity contribution < 1.29 is 9.84 Å². The highest BCUT2D eigenvalue weighted by Crippen LogP contribution is 2.37. The van der Waals surface area contributed by atoms with Gasteiger partial charge in [0.15, 0.2) is 6.23 Å². The number of aryl methyl sites for hydroxylation is 2. The zero-order valence-corrected chi connectivity index (χ0v) is 23.1. The number of nitrogens with one attached hydrogen (secondary N) is 1. The van der Waals surface area contributed by atoms with Crippen molar-refractivity contribution in [2.75, 3.05) is 24.5 Å². The van der Waals surface area contributed by atoms with E-state index >= 15 is 0 Å². The molecule has 4 aromatic rings. The van der Waals surface area contributed by atoms with E-state index < -0.39 is 11.8 Å². The molecule has 4 N–H and O–H groups in total. The lowest BCUT2D eigenvalue weighted by atomic mass is 9.85. The Morgan fingerprint density at radius 3 is 2.70 bits per heavy atom. The van der Waals surface area contributed by atoms with Crippen molar-refractivity contribution in [2.45, 2.75) is 58.0 Å². The zero-order chi connectivity index (χ0) is 28.2. The first-order chi connectivity index (χ1) is 19.1. The van der Waals surface area contributed by atoms with Crippen LogP contribution >= 0.6 is 0 Å². The number of ether oxygens (including phenoxy) is 1. The molecule has 0 aliphatic carbocycles. The van der Waals surface area contributed by atoms with Gasteiger partial charge in [-0.25, -0.2) is 4.98 Å². The van der Waals surface area contributed by atoms with Crippen LogP contribution in [0.15, 0.2) is 36.7 Å². The number of hydrogen-bond donors (Lipinski definition) is 3. The summed E-state index contributed by atoms with van der Waals surface area (Å²) in [6.45, 7) is 9.69. The topological polar surface area (TPSA) is 153 Å². The lowest BCUT2D eigenvalue weighted by Crippen LogP contribution is -2.70. The first-order valence-corrected chi connectivity index (χ1v) is 13.4. The van der Waals surface area contributed by atoms with E-state index in [2.05, 4.69) is 36.3 Å². The average Bonchev–Trinajstić information content (AvgIpc) is 3.34. The molecular formula is C29H33N9O2. The molecule has 3 saturated heterocycles. The van der Waals surface area contributed by atoms with Crippen LogP contribution in [0, 0.1) is 25.2 Å². The second kappa shape index (κ2) is 9.82. The molecule has 11 heteroatoms. The Balaban J connectivity index is 1.25. The van der Waals surface area contributed by atoms with Gasteiger partial charge in [-0.1, -0.05) is 0 Å². The summed E-state index contributed by atoms with van der Waals surface area (Å²) in [4.78, 5) is 9.30. The maximum absolute atomic E-state index is 10.3. The minimum absolute atomic E-state index is 0.355. The quantitative estimate of drug-likeness (QED) is 0.299. The van der Waals surface area contributed by atoms with Crippen LogP contribution in [-0.2, 0) is 0 Å². The molecule has 0 radical (unpaired) electrons. The van der Waals surface area contributed by atoms with Crippen molar-refractivity contribution >= 4 is 16.7 Å². The van der Waals surface area contributed by atoms with Gasteiger partial charge in [-0.2, -0.15) is 20.6 Å². The minimum Gasteiger partial charge on any atom is -0.471 e. The predicted molar refractivity (Wildman–Crippen MR) is 151 cm³/mol. The third-order valence-corrected chi connectivity index (χ3v) is 7.83. The molecule has 3 aromatic heterocycles. The van der Waals surface area contributed by atoms with Crippen molar-refractivity contribution in [3.05, 3.63) is 59.0 Å². The smallest absolute Gasteiger partial charge is 0.176 e. The molecule has 40 heavy (non-hydrogen) atoms. The SMILES string of the molecule is Cc1cnnc(C)c1[C@@H](N)Oc1ccc2[nH]nc(-c3cnc(N4CC5CC(C4)N5CC(C)(C)O)c(C#N)c3)c2c1. The number of aromatic amines is 1. The average molecular weight is 540 g/mol. The lowest BCUT2D eigenvalue weighted by molar-refractivity contribution is -0.0618. The van der Waals surface area contributed by atoms with Crippen LogP contribution in [0.4, 0.5) is 5.82 Å². The standard InChI is InChI=1S/C29H33N9O2/c1-16-11-33-34-17(2)25(16)27(31)40-22-5-6-24-23(9-22)26(36-35-24)19-7-18(10-30)28(32-12-19)37-13-20-8-21(14-37)38(20)15-29(3,4)39/h5-7,9,11-12,20-21,27,39H,8,13-15,31H2,1-4H3,(H,35,36)/t20?,21?,27-/m0/s1. The van der Waals surface area contributed by atoms with E-state index in [0.717, 1.165) is 52.8 Å². The van der Waals surface area contributed by atoms with Gasteiger partial charge in [0, 0.05) is 54.4 Å². The molecule has 206 valence electrons. The number of fused-ring (bicyclic) bond motifs is 3. The number of nitrogens with two attached hydrogens (primary N) is 1. The van der Waals surface area contributed by atoms with Crippen LogP contribution in [0.1, 0.15) is 48.9 Å². The fourth-order valence-electron chi connectivity index (χ4n) is 6.02. The number of H-pyrrole nitrogens is 1. The number of nitrogens with zero attached hydrogens (tertiary/aromatic N) is 7. The first kappa shape index (κ1) is 26.1. The van der Waals surface area contributed by atoms with Crippen molar-refractivity contribution in [3.8, 4) is 23.1 Å². The lowest BCUT2D eigenvalue weighted by Gasteiger charge is -2.57. The molecule has 3 aliphatic heterocycles. The van der Waals surface area contributed by atoms with E-state index in [-0.39, 0.29) is 0 Å². The molecule has 3 aliphatic rings. The summed E-state index contributed by atoms with van der Waals surface area (Å²) in [5.74, 6) is 1.28. The van der Waals surface area contributed by atoms with Crippen molar-refractivity contribution in [2.24, 2.45) is 5.73 Å². The zero-order valence-electron chi connectivity index (χ0n) is 23.1. The number of piperazine rings is 1. The summed E-state index contributed by atoms with van der Waals surface area (Å²) in [6, 6.07) is 10.5.